The van der Waals surface area contributed by atoms with Crippen LogP contribution in [0.1, 0.15) is 67.6 Å². The maximum Gasteiger partial charge on any atom is 0.435 e. The van der Waals surface area contributed by atoms with Crippen molar-refractivity contribution in [3.63, 3.8) is 0 Å². The Hall–Kier alpha value is -2.84. The van der Waals surface area contributed by atoms with Gasteiger partial charge in [-0.05, 0) is 73.3 Å². The van der Waals surface area contributed by atoms with Crippen LogP contribution < -0.4 is 0 Å². The van der Waals surface area contributed by atoms with E-state index in [1.165, 1.54) is 4.90 Å². The van der Waals surface area contributed by atoms with E-state index in [0.29, 0.717) is 55.9 Å². The second kappa shape index (κ2) is 13.0. The van der Waals surface area contributed by atoms with Gasteiger partial charge in [0.05, 0.1) is 12.5 Å². The summed E-state index contributed by atoms with van der Waals surface area (Å²) in [5.41, 5.74) is -6.24. The SMILES string of the molecule is O=C(O)C1CCC(C(=O)N2CCC(c3ccc(C(F)(C(F)(F)F)C(F)(F)F)cc3)([S+]([O-])c3cccc(C4CCOCC4)c3)C2)CC1. The lowest BCUT2D eigenvalue weighted by Gasteiger charge is -2.34. The summed E-state index contributed by atoms with van der Waals surface area (Å²) in [4.78, 5) is 26.8. The van der Waals surface area contributed by atoms with Crippen LogP contribution in [0.15, 0.2) is 53.4 Å². The zero-order chi connectivity index (χ0) is 33.5. The first-order valence-corrected chi connectivity index (χ1v) is 16.3. The van der Waals surface area contributed by atoms with Crippen LogP contribution in [0.3, 0.4) is 0 Å². The molecule has 2 unspecified atom stereocenters. The second-order valence-corrected chi connectivity index (χ2v) is 14.1. The van der Waals surface area contributed by atoms with Gasteiger partial charge in [-0.2, -0.15) is 26.3 Å². The van der Waals surface area contributed by atoms with Crippen LogP contribution in [0.5, 0.6) is 0 Å². The average molecular weight is 678 g/mol. The summed E-state index contributed by atoms with van der Waals surface area (Å²) >= 11 is -1.94. The third-order valence-electron chi connectivity index (χ3n) is 9.68. The molecule has 1 saturated carbocycles. The van der Waals surface area contributed by atoms with Crippen LogP contribution in [0.2, 0.25) is 0 Å². The van der Waals surface area contributed by atoms with E-state index in [2.05, 4.69) is 0 Å². The van der Waals surface area contributed by atoms with Crippen LogP contribution in [0, 0.1) is 11.8 Å². The number of likely N-dealkylation sites (tertiary alicyclic amines) is 1. The van der Waals surface area contributed by atoms with Gasteiger partial charge in [-0.1, -0.05) is 36.4 Å². The molecule has 0 spiro atoms. The number of hydrogen-bond donors (Lipinski definition) is 1. The summed E-state index contributed by atoms with van der Waals surface area (Å²) in [7, 11) is 0. The van der Waals surface area contributed by atoms with Crippen LogP contribution in [-0.2, 0) is 35.9 Å². The fourth-order valence-corrected chi connectivity index (χ4v) is 8.74. The van der Waals surface area contributed by atoms with Gasteiger partial charge in [0, 0.05) is 43.2 Å². The molecule has 252 valence electrons. The van der Waals surface area contributed by atoms with E-state index in [1.807, 2.05) is 6.07 Å². The summed E-state index contributed by atoms with van der Waals surface area (Å²) in [5.74, 6) is -2.07. The van der Waals surface area contributed by atoms with Gasteiger partial charge in [0.25, 0.3) is 0 Å². The fourth-order valence-electron chi connectivity index (χ4n) is 6.94. The molecule has 3 aliphatic rings. The molecule has 2 aromatic rings. The van der Waals surface area contributed by atoms with Crippen molar-refractivity contribution in [3.05, 3.63) is 65.2 Å². The minimum Gasteiger partial charge on any atom is -0.611 e. The number of benzene rings is 2. The lowest BCUT2D eigenvalue weighted by molar-refractivity contribution is -0.348. The smallest absolute Gasteiger partial charge is 0.435 e. The Morgan fingerprint density at radius 2 is 1.46 bits per heavy atom. The molecular formula is C32H34F7NO5S. The lowest BCUT2D eigenvalue weighted by Crippen LogP contribution is -2.50. The van der Waals surface area contributed by atoms with E-state index in [4.69, 9.17) is 4.74 Å². The number of carbonyl (C=O) groups excluding carboxylic acids is 1. The summed E-state index contributed by atoms with van der Waals surface area (Å²) < 4.78 is 114. The molecule has 2 aromatic carbocycles. The average Bonchev–Trinajstić information content (AvgIpc) is 3.50. The fraction of sp³-hybridized carbons (Fsp3) is 0.562. The molecule has 1 amide bonds. The van der Waals surface area contributed by atoms with Gasteiger partial charge in [0.2, 0.25) is 5.91 Å². The van der Waals surface area contributed by atoms with E-state index in [0.717, 1.165) is 30.5 Å². The Morgan fingerprint density at radius 1 is 0.870 bits per heavy atom. The quantitative estimate of drug-likeness (QED) is 0.252. The Bertz CT molecular complexity index is 1390. The van der Waals surface area contributed by atoms with Crippen molar-refractivity contribution >= 4 is 23.1 Å². The second-order valence-electron chi connectivity index (χ2n) is 12.4. The molecule has 3 fully saturated rings. The van der Waals surface area contributed by atoms with Gasteiger partial charge in [0.15, 0.2) is 9.64 Å². The van der Waals surface area contributed by atoms with E-state index < -0.39 is 57.3 Å². The van der Waals surface area contributed by atoms with Crippen molar-refractivity contribution in [2.75, 3.05) is 26.3 Å². The molecular weight excluding hydrogens is 643 g/mol. The molecule has 6 nitrogen and oxygen atoms in total. The predicted molar refractivity (Wildman–Crippen MR) is 153 cm³/mol. The zero-order valence-corrected chi connectivity index (χ0v) is 25.5. The van der Waals surface area contributed by atoms with Crippen molar-refractivity contribution in [1.29, 1.82) is 0 Å². The number of rotatable bonds is 7. The zero-order valence-electron chi connectivity index (χ0n) is 24.7. The maximum atomic E-state index is 14.8. The molecule has 1 N–H and O–H groups in total. The highest BCUT2D eigenvalue weighted by Crippen LogP contribution is 2.54. The first-order chi connectivity index (χ1) is 21.6. The number of nitrogens with zero attached hydrogens (tertiary/aromatic N) is 1. The molecule has 14 heteroatoms. The predicted octanol–water partition coefficient (Wildman–Crippen LogP) is 7.00. The number of halogens is 7. The number of alkyl halides is 7. The number of aliphatic carboxylic acids is 1. The molecule has 5 rings (SSSR count). The van der Waals surface area contributed by atoms with E-state index in [1.54, 1.807) is 18.2 Å². The van der Waals surface area contributed by atoms with E-state index >= 15 is 0 Å². The largest absolute Gasteiger partial charge is 0.611 e. The van der Waals surface area contributed by atoms with E-state index in [9.17, 15) is 50.0 Å². The Labute approximate surface area is 264 Å². The van der Waals surface area contributed by atoms with Crippen LogP contribution in [0.4, 0.5) is 30.7 Å². The molecule has 0 aromatic heterocycles. The van der Waals surface area contributed by atoms with Gasteiger partial charge in [0.1, 0.15) is 0 Å². The summed E-state index contributed by atoms with van der Waals surface area (Å²) in [6.07, 6.45) is -9.66. The van der Waals surface area contributed by atoms with Gasteiger partial charge >= 0.3 is 24.0 Å². The first kappa shape index (κ1) is 34.5. The molecule has 2 aliphatic heterocycles. The number of carboxylic acid groups (broad SMARTS) is 1. The minimum atomic E-state index is -6.28. The van der Waals surface area contributed by atoms with Crippen molar-refractivity contribution in [2.24, 2.45) is 11.8 Å². The molecule has 2 atom stereocenters. The van der Waals surface area contributed by atoms with Crippen molar-refractivity contribution in [1.82, 2.24) is 4.90 Å². The third kappa shape index (κ3) is 6.36. The van der Waals surface area contributed by atoms with Crippen LogP contribution >= 0.6 is 0 Å². The molecule has 0 bridgehead atoms. The highest BCUT2D eigenvalue weighted by molar-refractivity contribution is 7.92. The Balaban J connectivity index is 1.49. The highest BCUT2D eigenvalue weighted by Gasteiger charge is 2.73. The summed E-state index contributed by atoms with van der Waals surface area (Å²) in [6.45, 7) is 1.09. The van der Waals surface area contributed by atoms with Gasteiger partial charge in [-0.25, -0.2) is 4.39 Å². The molecule has 46 heavy (non-hydrogen) atoms. The Kier molecular flexibility index (Phi) is 9.74. The molecule has 0 radical (unpaired) electrons. The van der Waals surface area contributed by atoms with E-state index in [-0.39, 0.29) is 36.9 Å². The van der Waals surface area contributed by atoms with Crippen molar-refractivity contribution in [2.45, 2.75) is 78.5 Å². The highest BCUT2D eigenvalue weighted by atomic mass is 32.2. The number of ether oxygens (including phenoxy) is 1. The number of hydrogen-bond acceptors (Lipinski definition) is 4. The van der Waals surface area contributed by atoms with Crippen LogP contribution in [-0.4, -0.2) is 65.1 Å². The van der Waals surface area contributed by atoms with Gasteiger partial charge < -0.3 is 19.3 Å². The first-order valence-electron chi connectivity index (χ1n) is 15.1. The lowest BCUT2D eigenvalue weighted by atomic mass is 9.81. The van der Waals surface area contributed by atoms with Crippen LogP contribution in [0.25, 0.3) is 0 Å². The number of carboxylic acids is 1. The third-order valence-corrected chi connectivity index (χ3v) is 11.6. The van der Waals surface area contributed by atoms with Crippen molar-refractivity contribution in [3.8, 4) is 0 Å². The number of amides is 1. The molecule has 1 aliphatic carbocycles. The monoisotopic (exact) mass is 677 g/mol. The standard InChI is InChI=1S/C32H34F7NO5S/c33-30(31(34,35)36,32(37,38)39)25-10-8-24(9-11-25)29(46(44)26-3-1-2-23(18-26)20-12-16-45-17-13-20)14-15-40(19-29)27(41)21-4-6-22(7-5-21)28(42)43/h1-3,8-11,18,20-22H,4-7,12-17,19H2,(H,42,43). The van der Waals surface area contributed by atoms with Gasteiger partial charge in [-0.15, -0.1) is 0 Å². The normalized spacial score (nSPS) is 25.8. The molecule has 2 saturated heterocycles. The van der Waals surface area contributed by atoms with Gasteiger partial charge in [-0.3, -0.25) is 9.59 Å². The molecule has 2 heterocycles. The summed E-state index contributed by atoms with van der Waals surface area (Å²) in [5, 5.41) is 9.32. The van der Waals surface area contributed by atoms with Crippen molar-refractivity contribution < 1.29 is 54.7 Å². The summed E-state index contributed by atoms with van der Waals surface area (Å²) in [6, 6.07) is 9.76. The Morgan fingerprint density at radius 3 is 2.02 bits per heavy atom. The topological polar surface area (TPSA) is 89.9 Å². The maximum absolute atomic E-state index is 14.8. The minimum absolute atomic E-state index is 0.0793. The number of carbonyl (C=O) groups is 2.